The number of carbonyl (C=O) groups is 1. The van der Waals surface area contributed by atoms with E-state index in [0.29, 0.717) is 11.3 Å². The van der Waals surface area contributed by atoms with Crippen LogP contribution in [0.2, 0.25) is 0 Å². The quantitative estimate of drug-likeness (QED) is 0.669. The summed E-state index contributed by atoms with van der Waals surface area (Å²) in [4.78, 5) is 16.2. The maximum absolute atomic E-state index is 11.5. The van der Waals surface area contributed by atoms with E-state index in [1.807, 2.05) is 6.07 Å². The van der Waals surface area contributed by atoms with Crippen LogP contribution in [0.25, 0.3) is 0 Å². The second-order valence-corrected chi connectivity index (χ2v) is 5.09. The highest BCUT2D eigenvalue weighted by atomic mass is 16.5. The van der Waals surface area contributed by atoms with Crippen LogP contribution in [0.5, 0.6) is 0 Å². The number of hydrogen-bond donors (Lipinski definition) is 1. The van der Waals surface area contributed by atoms with E-state index < -0.39 is 0 Å². The zero-order valence-electron chi connectivity index (χ0n) is 12.3. The van der Waals surface area contributed by atoms with Gasteiger partial charge < -0.3 is 15.4 Å². The molecule has 5 nitrogen and oxygen atoms in total. The zero-order chi connectivity index (χ0) is 14.5. The number of nitrogen functional groups attached to an aromatic ring is 1. The van der Waals surface area contributed by atoms with Crippen molar-refractivity contribution in [3.63, 3.8) is 0 Å². The minimum Gasteiger partial charge on any atom is -0.465 e. The number of rotatable bonds is 4. The van der Waals surface area contributed by atoms with Crippen LogP contribution in [-0.2, 0) is 4.74 Å². The lowest BCUT2D eigenvalue weighted by molar-refractivity contribution is 0.0601. The first-order chi connectivity index (χ1) is 9.65. The number of nitrogens with zero attached hydrogens (tertiary/aromatic N) is 2. The van der Waals surface area contributed by atoms with E-state index in [9.17, 15) is 4.79 Å². The average Bonchev–Trinajstić information content (AvgIpc) is 2.47. The normalized spacial score (nSPS) is 16.2. The predicted octanol–water partition coefficient (Wildman–Crippen LogP) is 1.59. The standard InChI is InChI=1S/C15H23N3O2/c1-3-6-17-7-9-18(10-8-17)14-5-4-12(11-13(14)16)15(19)20-2/h4-5,11H,3,6-10,16H2,1-2H3. The van der Waals surface area contributed by atoms with Crippen LogP contribution < -0.4 is 10.6 Å². The molecule has 0 spiro atoms. The minimum absolute atomic E-state index is 0.351. The number of anilines is 2. The van der Waals surface area contributed by atoms with Gasteiger partial charge in [-0.1, -0.05) is 6.92 Å². The lowest BCUT2D eigenvalue weighted by atomic mass is 10.1. The molecule has 1 fully saturated rings. The fourth-order valence-corrected chi connectivity index (χ4v) is 2.62. The van der Waals surface area contributed by atoms with Crippen molar-refractivity contribution in [3.05, 3.63) is 23.8 Å². The number of piperazine rings is 1. The maximum atomic E-state index is 11.5. The van der Waals surface area contributed by atoms with Gasteiger partial charge in [0, 0.05) is 26.2 Å². The summed E-state index contributed by atoms with van der Waals surface area (Å²) in [7, 11) is 1.37. The summed E-state index contributed by atoms with van der Waals surface area (Å²) >= 11 is 0. The second-order valence-electron chi connectivity index (χ2n) is 5.09. The summed E-state index contributed by atoms with van der Waals surface area (Å²) in [5.41, 5.74) is 8.22. The lowest BCUT2D eigenvalue weighted by Gasteiger charge is -2.36. The molecule has 1 saturated heterocycles. The van der Waals surface area contributed by atoms with Gasteiger partial charge in [0.25, 0.3) is 0 Å². The molecule has 0 saturated carbocycles. The third-order valence-electron chi connectivity index (χ3n) is 3.70. The van der Waals surface area contributed by atoms with Gasteiger partial charge in [0.2, 0.25) is 0 Å². The molecule has 1 aromatic rings. The summed E-state index contributed by atoms with van der Waals surface area (Å²) in [6, 6.07) is 5.38. The van der Waals surface area contributed by atoms with Gasteiger partial charge in [-0.25, -0.2) is 4.79 Å². The minimum atomic E-state index is -0.351. The summed E-state index contributed by atoms with van der Waals surface area (Å²) in [5.74, 6) is -0.351. The molecule has 0 radical (unpaired) electrons. The molecule has 5 heteroatoms. The fourth-order valence-electron chi connectivity index (χ4n) is 2.62. The van der Waals surface area contributed by atoms with Crippen molar-refractivity contribution in [2.45, 2.75) is 13.3 Å². The molecule has 1 aliphatic heterocycles. The number of methoxy groups -OCH3 is 1. The molecular weight excluding hydrogens is 254 g/mol. The van der Waals surface area contributed by atoms with Gasteiger partial charge in [-0.2, -0.15) is 0 Å². The fraction of sp³-hybridized carbons (Fsp3) is 0.533. The van der Waals surface area contributed by atoms with E-state index in [-0.39, 0.29) is 5.97 Å². The first kappa shape index (κ1) is 14.7. The number of ether oxygens (including phenoxy) is 1. The van der Waals surface area contributed by atoms with Crippen LogP contribution in [-0.4, -0.2) is 50.7 Å². The lowest BCUT2D eigenvalue weighted by Crippen LogP contribution is -2.46. The highest BCUT2D eigenvalue weighted by Gasteiger charge is 2.18. The monoisotopic (exact) mass is 277 g/mol. The van der Waals surface area contributed by atoms with Gasteiger partial charge in [-0.05, 0) is 31.2 Å². The SMILES string of the molecule is CCCN1CCN(c2ccc(C(=O)OC)cc2N)CC1. The molecule has 2 N–H and O–H groups in total. The van der Waals surface area contributed by atoms with Crippen molar-refractivity contribution in [2.24, 2.45) is 0 Å². The van der Waals surface area contributed by atoms with E-state index in [1.165, 1.54) is 13.5 Å². The molecule has 1 heterocycles. The molecule has 0 amide bonds. The predicted molar refractivity (Wildman–Crippen MR) is 81.1 cm³/mol. The van der Waals surface area contributed by atoms with Gasteiger partial charge >= 0.3 is 5.97 Å². The first-order valence-corrected chi connectivity index (χ1v) is 7.11. The Kier molecular flexibility index (Phi) is 4.84. The first-order valence-electron chi connectivity index (χ1n) is 7.11. The molecule has 0 unspecified atom stereocenters. The molecular formula is C15H23N3O2. The smallest absolute Gasteiger partial charge is 0.337 e. The zero-order valence-corrected chi connectivity index (χ0v) is 12.3. The maximum Gasteiger partial charge on any atom is 0.337 e. The van der Waals surface area contributed by atoms with Crippen LogP contribution >= 0.6 is 0 Å². The average molecular weight is 277 g/mol. The number of nitrogens with two attached hydrogens (primary N) is 1. The van der Waals surface area contributed by atoms with Crippen LogP contribution in [0.15, 0.2) is 18.2 Å². The third-order valence-corrected chi connectivity index (χ3v) is 3.70. The van der Waals surface area contributed by atoms with Crippen molar-refractivity contribution >= 4 is 17.3 Å². The van der Waals surface area contributed by atoms with E-state index >= 15 is 0 Å². The van der Waals surface area contributed by atoms with E-state index in [1.54, 1.807) is 12.1 Å². The Morgan fingerprint density at radius 1 is 1.30 bits per heavy atom. The van der Waals surface area contributed by atoms with Crippen molar-refractivity contribution < 1.29 is 9.53 Å². The van der Waals surface area contributed by atoms with E-state index in [4.69, 9.17) is 10.5 Å². The van der Waals surface area contributed by atoms with Crippen molar-refractivity contribution in [3.8, 4) is 0 Å². The summed E-state index contributed by atoms with van der Waals surface area (Å²) in [6.07, 6.45) is 1.19. The van der Waals surface area contributed by atoms with Crippen LogP contribution in [0.3, 0.4) is 0 Å². The van der Waals surface area contributed by atoms with Crippen molar-refractivity contribution in [1.29, 1.82) is 0 Å². The summed E-state index contributed by atoms with van der Waals surface area (Å²) in [6.45, 7) is 7.43. The summed E-state index contributed by atoms with van der Waals surface area (Å²) < 4.78 is 4.70. The highest BCUT2D eigenvalue weighted by Crippen LogP contribution is 2.25. The number of benzene rings is 1. The number of hydrogen-bond acceptors (Lipinski definition) is 5. The van der Waals surface area contributed by atoms with Crippen molar-refractivity contribution in [1.82, 2.24) is 4.90 Å². The Balaban J connectivity index is 2.05. The molecule has 110 valence electrons. The van der Waals surface area contributed by atoms with Crippen LogP contribution in [0.1, 0.15) is 23.7 Å². The Labute approximate surface area is 120 Å². The van der Waals surface area contributed by atoms with Crippen LogP contribution in [0.4, 0.5) is 11.4 Å². The van der Waals surface area contributed by atoms with Gasteiger partial charge in [0.05, 0.1) is 24.0 Å². The Hall–Kier alpha value is -1.75. The Morgan fingerprint density at radius 3 is 2.55 bits per heavy atom. The Morgan fingerprint density at radius 2 is 2.00 bits per heavy atom. The van der Waals surface area contributed by atoms with Crippen LogP contribution in [0, 0.1) is 0 Å². The van der Waals surface area contributed by atoms with Crippen molar-refractivity contribution in [2.75, 3.05) is 50.5 Å². The molecule has 0 atom stereocenters. The van der Waals surface area contributed by atoms with Gasteiger partial charge in [0.15, 0.2) is 0 Å². The molecule has 20 heavy (non-hydrogen) atoms. The number of esters is 1. The highest BCUT2D eigenvalue weighted by molar-refractivity contribution is 5.92. The van der Waals surface area contributed by atoms with Gasteiger partial charge in [-0.15, -0.1) is 0 Å². The third kappa shape index (κ3) is 3.22. The number of carbonyl (C=O) groups excluding carboxylic acids is 1. The largest absolute Gasteiger partial charge is 0.465 e. The summed E-state index contributed by atoms with van der Waals surface area (Å²) in [5, 5.41) is 0. The molecule has 1 aromatic carbocycles. The molecule has 0 aliphatic carbocycles. The molecule has 0 bridgehead atoms. The molecule has 0 aromatic heterocycles. The van der Waals surface area contributed by atoms with E-state index in [2.05, 4.69) is 16.7 Å². The Bertz CT molecular complexity index is 468. The van der Waals surface area contributed by atoms with Gasteiger partial charge in [0.1, 0.15) is 0 Å². The van der Waals surface area contributed by atoms with E-state index in [0.717, 1.165) is 38.4 Å². The second kappa shape index (κ2) is 6.61. The van der Waals surface area contributed by atoms with Gasteiger partial charge in [-0.3, -0.25) is 4.90 Å². The molecule has 1 aliphatic rings. The topological polar surface area (TPSA) is 58.8 Å². The molecule has 2 rings (SSSR count).